The number of alkyl halides is 3. The van der Waals surface area contributed by atoms with Crippen molar-refractivity contribution in [3.63, 3.8) is 0 Å². The lowest BCUT2D eigenvalue weighted by molar-refractivity contribution is 0.0668. The summed E-state index contributed by atoms with van der Waals surface area (Å²) < 4.78 is 23.3. The van der Waals surface area contributed by atoms with Gasteiger partial charge in [0.1, 0.15) is 0 Å². The van der Waals surface area contributed by atoms with Gasteiger partial charge in [-0.15, -0.1) is 0 Å². The number of ether oxygens (including phenoxy) is 1. The average Bonchev–Trinajstić information content (AvgIpc) is 2.16. The molecule has 0 aromatic rings. The van der Waals surface area contributed by atoms with Gasteiger partial charge in [-0.3, -0.25) is 4.57 Å². The Kier molecular flexibility index (Phi) is 6.10. The SMILES string of the molecule is O=[P@@](Cl)(OCC(Br)(Br)Br)N1CCOCC1. The minimum atomic E-state index is -3.23. The van der Waals surface area contributed by atoms with Crippen LogP contribution in [0.25, 0.3) is 0 Å². The fourth-order valence-corrected chi connectivity index (χ4v) is 3.66. The highest BCUT2D eigenvalue weighted by Gasteiger charge is 2.33. The summed E-state index contributed by atoms with van der Waals surface area (Å²) in [6, 6.07) is 0. The molecule has 0 aliphatic carbocycles. The van der Waals surface area contributed by atoms with E-state index < -0.39 is 9.02 Å². The van der Waals surface area contributed by atoms with E-state index in [1.165, 1.54) is 0 Å². The molecule has 0 N–H and O–H groups in total. The Bertz CT molecular complexity index is 256. The standard InChI is InChI=1S/C6H10Br3ClNO3P/c7-6(8,9)5-14-15(10,12)11-1-3-13-4-2-11/h1-5H2/t15-/m0/s1. The second kappa shape index (κ2) is 6.14. The molecule has 1 rings (SSSR count). The number of halogens is 4. The summed E-state index contributed by atoms with van der Waals surface area (Å²) in [5, 5.41) is 0. The van der Waals surface area contributed by atoms with E-state index >= 15 is 0 Å². The molecule has 1 atom stereocenters. The van der Waals surface area contributed by atoms with Crippen molar-refractivity contribution >= 4 is 65.9 Å². The monoisotopic (exact) mass is 447 g/mol. The molecule has 0 saturated carbocycles. The lowest BCUT2D eigenvalue weighted by Gasteiger charge is -2.30. The number of nitrogens with zero attached hydrogens (tertiary/aromatic N) is 1. The van der Waals surface area contributed by atoms with Crippen LogP contribution in [0.4, 0.5) is 0 Å². The second-order valence-corrected chi connectivity index (χ2v) is 13.2. The van der Waals surface area contributed by atoms with Gasteiger partial charge in [0.15, 0.2) is 2.14 Å². The molecule has 15 heavy (non-hydrogen) atoms. The number of morpholine rings is 1. The number of rotatable bonds is 3. The molecular formula is C6H10Br3ClNO3P. The molecule has 1 saturated heterocycles. The fourth-order valence-electron chi connectivity index (χ4n) is 1.03. The van der Waals surface area contributed by atoms with E-state index in [0.717, 1.165) is 0 Å². The van der Waals surface area contributed by atoms with Crippen LogP contribution >= 0.6 is 65.9 Å². The molecule has 0 amide bonds. The fraction of sp³-hybridized carbons (Fsp3) is 1.00. The first-order valence-corrected chi connectivity index (χ1v) is 9.01. The lowest BCUT2D eigenvalue weighted by Crippen LogP contribution is -2.33. The molecule has 0 bridgehead atoms. The molecule has 0 spiro atoms. The van der Waals surface area contributed by atoms with Gasteiger partial charge in [-0.2, -0.15) is 0 Å². The van der Waals surface area contributed by atoms with E-state index in [9.17, 15) is 4.57 Å². The molecule has 0 radical (unpaired) electrons. The van der Waals surface area contributed by atoms with Gasteiger partial charge in [-0.25, -0.2) is 4.67 Å². The maximum absolute atomic E-state index is 12.0. The number of hydrogen-bond donors (Lipinski definition) is 0. The van der Waals surface area contributed by atoms with Crippen LogP contribution in [0.1, 0.15) is 0 Å². The predicted octanol–water partition coefficient (Wildman–Crippen LogP) is 3.52. The molecule has 1 heterocycles. The maximum Gasteiger partial charge on any atom is 0.363 e. The van der Waals surface area contributed by atoms with Crippen molar-refractivity contribution in [2.45, 2.75) is 2.14 Å². The third-order valence-corrected chi connectivity index (χ3v) is 4.86. The lowest BCUT2D eigenvalue weighted by atomic mass is 10.5. The molecule has 0 unspecified atom stereocenters. The van der Waals surface area contributed by atoms with Gasteiger partial charge < -0.3 is 9.26 Å². The molecule has 1 aliphatic heterocycles. The van der Waals surface area contributed by atoms with E-state index in [0.29, 0.717) is 26.3 Å². The zero-order chi connectivity index (χ0) is 11.5. The van der Waals surface area contributed by atoms with Crippen LogP contribution in [0.15, 0.2) is 0 Å². The van der Waals surface area contributed by atoms with Gasteiger partial charge in [-0.05, 0) is 11.2 Å². The van der Waals surface area contributed by atoms with Crippen LogP contribution in [-0.4, -0.2) is 39.7 Å². The van der Waals surface area contributed by atoms with Gasteiger partial charge in [0, 0.05) is 13.1 Å². The van der Waals surface area contributed by atoms with Crippen LogP contribution in [-0.2, 0) is 13.8 Å². The van der Waals surface area contributed by atoms with Crippen LogP contribution in [0.5, 0.6) is 0 Å². The summed E-state index contributed by atoms with van der Waals surface area (Å²) in [5.41, 5.74) is 0. The molecule has 4 nitrogen and oxygen atoms in total. The first kappa shape index (κ1) is 14.9. The van der Waals surface area contributed by atoms with Crippen molar-refractivity contribution in [3.05, 3.63) is 0 Å². The Labute approximate surface area is 119 Å². The first-order chi connectivity index (χ1) is 6.81. The topological polar surface area (TPSA) is 38.8 Å². The van der Waals surface area contributed by atoms with Crippen molar-refractivity contribution in [2.24, 2.45) is 0 Å². The van der Waals surface area contributed by atoms with Gasteiger partial charge in [-0.1, -0.05) is 47.8 Å². The van der Waals surface area contributed by atoms with E-state index in [1.54, 1.807) is 4.67 Å². The number of hydrogen-bond acceptors (Lipinski definition) is 3. The molecule has 90 valence electrons. The maximum atomic E-state index is 12.0. The molecule has 0 aromatic heterocycles. The van der Waals surface area contributed by atoms with E-state index in [1.807, 2.05) is 0 Å². The van der Waals surface area contributed by atoms with Gasteiger partial charge in [0.05, 0.1) is 19.8 Å². The third-order valence-electron chi connectivity index (χ3n) is 1.71. The van der Waals surface area contributed by atoms with Crippen LogP contribution in [0, 0.1) is 0 Å². The summed E-state index contributed by atoms with van der Waals surface area (Å²) >= 11 is 15.6. The molecule has 9 heteroatoms. The van der Waals surface area contributed by atoms with E-state index in [-0.39, 0.29) is 6.61 Å². The van der Waals surface area contributed by atoms with E-state index in [4.69, 9.17) is 20.5 Å². The Morgan fingerprint density at radius 1 is 1.40 bits per heavy atom. The van der Waals surface area contributed by atoms with Crippen molar-refractivity contribution in [1.82, 2.24) is 4.67 Å². The molecule has 1 fully saturated rings. The first-order valence-electron chi connectivity index (χ1n) is 4.15. The smallest absolute Gasteiger partial charge is 0.363 e. The highest BCUT2D eigenvalue weighted by Crippen LogP contribution is 2.57. The molecule has 1 aliphatic rings. The van der Waals surface area contributed by atoms with Gasteiger partial charge in [0.2, 0.25) is 0 Å². The highest BCUT2D eigenvalue weighted by atomic mass is 80.0. The van der Waals surface area contributed by atoms with Crippen molar-refractivity contribution in [2.75, 3.05) is 32.9 Å². The average molecular weight is 450 g/mol. The van der Waals surface area contributed by atoms with Gasteiger partial charge in [0.25, 0.3) is 0 Å². The van der Waals surface area contributed by atoms with Crippen molar-refractivity contribution < 1.29 is 13.8 Å². The van der Waals surface area contributed by atoms with Crippen molar-refractivity contribution in [1.29, 1.82) is 0 Å². The molecular weight excluding hydrogens is 440 g/mol. The normalized spacial score (nSPS) is 23.7. The Morgan fingerprint density at radius 2 is 1.93 bits per heavy atom. The Balaban J connectivity index is 2.46. The summed E-state index contributed by atoms with van der Waals surface area (Å²) in [6.45, 7) is -0.968. The Morgan fingerprint density at radius 3 is 2.40 bits per heavy atom. The van der Waals surface area contributed by atoms with Crippen LogP contribution in [0.3, 0.4) is 0 Å². The summed E-state index contributed by atoms with van der Waals surface area (Å²) in [4.78, 5) is 0. The quantitative estimate of drug-likeness (QED) is 0.488. The Hall–Kier alpha value is 1.84. The highest BCUT2D eigenvalue weighted by molar-refractivity contribution is 9.39. The van der Waals surface area contributed by atoms with Crippen molar-refractivity contribution in [3.8, 4) is 0 Å². The largest absolute Gasteiger partial charge is 0.379 e. The third kappa shape index (κ3) is 5.82. The predicted molar refractivity (Wildman–Crippen MR) is 71.3 cm³/mol. The zero-order valence-electron chi connectivity index (χ0n) is 7.67. The zero-order valence-corrected chi connectivity index (χ0v) is 14.1. The summed E-state index contributed by atoms with van der Waals surface area (Å²) in [5.74, 6) is 0. The van der Waals surface area contributed by atoms with E-state index in [2.05, 4.69) is 47.8 Å². The summed E-state index contributed by atoms with van der Waals surface area (Å²) in [7, 11) is 0. The van der Waals surface area contributed by atoms with Gasteiger partial charge >= 0.3 is 6.87 Å². The van der Waals surface area contributed by atoms with Crippen LogP contribution in [0.2, 0.25) is 0 Å². The van der Waals surface area contributed by atoms with Crippen LogP contribution < -0.4 is 0 Å². The molecule has 0 aromatic carbocycles. The minimum absolute atomic E-state index is 0.144. The second-order valence-electron chi connectivity index (χ2n) is 2.91. The summed E-state index contributed by atoms with van der Waals surface area (Å²) in [6.07, 6.45) is 0. The minimum Gasteiger partial charge on any atom is -0.379 e.